The van der Waals surface area contributed by atoms with E-state index in [4.69, 9.17) is 4.74 Å². The minimum Gasteiger partial charge on any atom is -0.496 e. The summed E-state index contributed by atoms with van der Waals surface area (Å²) in [6, 6.07) is 12.9. The molecule has 3 aromatic carbocycles. The molecule has 0 aromatic heterocycles. The molecule has 2 N–H and O–H groups in total. The van der Waals surface area contributed by atoms with Crippen LogP contribution in [-0.4, -0.2) is 25.0 Å². The van der Waals surface area contributed by atoms with E-state index >= 15 is 0 Å². The Bertz CT molecular complexity index is 1410. The molecule has 2 saturated carbocycles. The van der Waals surface area contributed by atoms with Gasteiger partial charge in [0, 0.05) is 23.4 Å². The summed E-state index contributed by atoms with van der Waals surface area (Å²) >= 11 is 0. The second-order valence-corrected chi connectivity index (χ2v) is 9.94. The van der Waals surface area contributed by atoms with E-state index in [0.717, 1.165) is 25.0 Å². The highest BCUT2D eigenvalue weighted by Gasteiger charge is 2.51. The maximum Gasteiger partial charge on any atom is 0.419 e. The second-order valence-electron chi connectivity index (χ2n) is 9.94. The van der Waals surface area contributed by atoms with Gasteiger partial charge in [-0.3, -0.25) is 9.59 Å². The van der Waals surface area contributed by atoms with E-state index in [-0.39, 0.29) is 34.4 Å². The van der Waals surface area contributed by atoms with E-state index in [1.54, 1.807) is 30.3 Å². The number of fused-ring (bicyclic) bond motifs is 2. The molecule has 2 amide bonds. The van der Waals surface area contributed by atoms with Crippen LogP contribution < -0.4 is 15.4 Å². The normalized spacial score (nSPS) is 22.0. The van der Waals surface area contributed by atoms with Crippen molar-refractivity contribution in [2.75, 3.05) is 12.4 Å². The molecule has 0 radical (unpaired) electrons. The first-order valence-electron chi connectivity index (χ1n) is 12.5. The van der Waals surface area contributed by atoms with Crippen molar-refractivity contribution in [3.63, 3.8) is 0 Å². The predicted octanol–water partition coefficient (Wildman–Crippen LogP) is 6.44. The highest BCUT2D eigenvalue weighted by molar-refractivity contribution is 6.00. The Labute approximate surface area is 221 Å². The van der Waals surface area contributed by atoms with Gasteiger partial charge in [0.2, 0.25) is 5.91 Å². The lowest BCUT2D eigenvalue weighted by Crippen LogP contribution is -2.48. The van der Waals surface area contributed by atoms with Gasteiger partial charge in [-0.15, -0.1) is 0 Å². The van der Waals surface area contributed by atoms with E-state index in [1.165, 1.54) is 13.2 Å². The van der Waals surface area contributed by atoms with Gasteiger partial charge in [0.05, 0.1) is 24.2 Å². The Morgan fingerprint density at radius 3 is 2.33 bits per heavy atom. The van der Waals surface area contributed by atoms with Crippen LogP contribution in [0.2, 0.25) is 0 Å². The second kappa shape index (κ2) is 10.3. The molecule has 39 heavy (non-hydrogen) atoms. The van der Waals surface area contributed by atoms with Gasteiger partial charge in [0.15, 0.2) is 0 Å². The zero-order valence-electron chi connectivity index (χ0n) is 20.8. The fraction of sp³-hybridized carbons (Fsp3) is 0.310. The fourth-order valence-electron chi connectivity index (χ4n) is 5.89. The molecule has 2 bridgehead atoms. The van der Waals surface area contributed by atoms with E-state index in [9.17, 15) is 31.5 Å². The molecule has 3 aromatic rings. The Morgan fingerprint density at radius 2 is 1.64 bits per heavy atom. The standard InChI is InChI=1S/C29H25F5N2O3/c1-39-24-14-23(31)19(15-5-3-2-4-6-15)13-20(24)27(37)36-26-17-8-7-16(11-17)25(26)28(38)35-18-9-10-22(30)21(12-18)29(32,33)34/h2-6,9-10,12-14,16-17,25-26H,7-8,11H2,1H3,(H,35,38)(H,36,37)/t16-,17+,25+,26-/m0/s1. The van der Waals surface area contributed by atoms with Gasteiger partial charge < -0.3 is 15.4 Å². The molecule has 0 saturated heterocycles. The topological polar surface area (TPSA) is 67.4 Å². The number of nitrogens with one attached hydrogen (secondary N) is 2. The number of anilines is 1. The van der Waals surface area contributed by atoms with Crippen LogP contribution >= 0.6 is 0 Å². The molecule has 0 spiro atoms. The third-order valence-electron chi connectivity index (χ3n) is 7.67. The highest BCUT2D eigenvalue weighted by atomic mass is 19.4. The molecular formula is C29H25F5N2O3. The number of halogens is 5. The third-order valence-corrected chi connectivity index (χ3v) is 7.67. The number of carbonyl (C=O) groups excluding carboxylic acids is 2. The molecule has 204 valence electrons. The summed E-state index contributed by atoms with van der Waals surface area (Å²) in [6.45, 7) is 0. The summed E-state index contributed by atoms with van der Waals surface area (Å²) in [5.74, 6) is -3.86. The van der Waals surface area contributed by atoms with Crippen LogP contribution in [-0.2, 0) is 11.0 Å². The molecule has 0 aliphatic heterocycles. The lowest BCUT2D eigenvalue weighted by Gasteiger charge is -2.31. The first-order valence-corrected chi connectivity index (χ1v) is 12.5. The van der Waals surface area contributed by atoms with Crippen LogP contribution in [0, 0.1) is 29.4 Å². The zero-order chi connectivity index (χ0) is 27.9. The van der Waals surface area contributed by atoms with Crippen LogP contribution in [0.4, 0.5) is 27.6 Å². The number of ether oxygens (including phenoxy) is 1. The third kappa shape index (κ3) is 5.20. The number of amides is 2. The maximum absolute atomic E-state index is 14.8. The van der Waals surface area contributed by atoms with Crippen LogP contribution in [0.3, 0.4) is 0 Å². The zero-order valence-corrected chi connectivity index (χ0v) is 20.8. The lowest BCUT2D eigenvalue weighted by atomic mass is 9.83. The van der Waals surface area contributed by atoms with Crippen LogP contribution in [0.25, 0.3) is 11.1 Å². The van der Waals surface area contributed by atoms with Gasteiger partial charge in [0.1, 0.15) is 17.4 Å². The fourth-order valence-corrected chi connectivity index (χ4v) is 5.89. The summed E-state index contributed by atoms with van der Waals surface area (Å²) in [5, 5.41) is 5.40. The Hall–Kier alpha value is -3.95. The van der Waals surface area contributed by atoms with Gasteiger partial charge in [-0.25, -0.2) is 8.78 Å². The number of carbonyl (C=O) groups is 2. The van der Waals surface area contributed by atoms with Crippen molar-refractivity contribution in [1.82, 2.24) is 5.32 Å². The molecule has 2 aliphatic rings. The van der Waals surface area contributed by atoms with Gasteiger partial charge in [-0.05, 0) is 60.9 Å². The van der Waals surface area contributed by atoms with Crippen LogP contribution in [0.5, 0.6) is 5.75 Å². The predicted molar refractivity (Wildman–Crippen MR) is 134 cm³/mol. The smallest absolute Gasteiger partial charge is 0.419 e. The van der Waals surface area contributed by atoms with Crippen molar-refractivity contribution in [2.45, 2.75) is 31.5 Å². The van der Waals surface area contributed by atoms with Gasteiger partial charge >= 0.3 is 6.18 Å². The molecule has 10 heteroatoms. The van der Waals surface area contributed by atoms with E-state index in [1.807, 2.05) is 0 Å². The van der Waals surface area contributed by atoms with Gasteiger partial charge in [-0.2, -0.15) is 13.2 Å². The van der Waals surface area contributed by atoms with Crippen molar-refractivity contribution in [3.8, 4) is 16.9 Å². The summed E-state index contributed by atoms with van der Waals surface area (Å²) in [6.07, 6.45) is -2.72. The van der Waals surface area contributed by atoms with Crippen molar-refractivity contribution >= 4 is 17.5 Å². The lowest BCUT2D eigenvalue weighted by molar-refractivity contribution is -0.140. The first kappa shape index (κ1) is 26.6. The first-order chi connectivity index (χ1) is 18.6. The summed E-state index contributed by atoms with van der Waals surface area (Å²) in [4.78, 5) is 26.7. The SMILES string of the molecule is COc1cc(F)c(-c2ccccc2)cc1C(=O)N[C@H]1[C@@H]2CC[C@@H](C2)[C@H]1C(=O)Nc1ccc(F)c(C(F)(F)F)c1. The van der Waals surface area contributed by atoms with Gasteiger partial charge in [-0.1, -0.05) is 30.3 Å². The average Bonchev–Trinajstić information content (AvgIpc) is 3.51. The summed E-state index contributed by atoms with van der Waals surface area (Å²) < 4.78 is 73.2. The minimum absolute atomic E-state index is 0.00584. The Kier molecular flexibility index (Phi) is 7.05. The molecule has 2 fully saturated rings. The van der Waals surface area contributed by atoms with Crippen molar-refractivity contribution in [1.29, 1.82) is 0 Å². The number of hydrogen-bond donors (Lipinski definition) is 2. The molecule has 0 unspecified atom stereocenters. The Morgan fingerprint density at radius 1 is 0.923 bits per heavy atom. The van der Waals surface area contributed by atoms with E-state index in [0.29, 0.717) is 24.1 Å². The number of rotatable bonds is 6. The van der Waals surface area contributed by atoms with Crippen molar-refractivity contribution in [2.24, 2.45) is 17.8 Å². The molecule has 5 nitrogen and oxygen atoms in total. The van der Waals surface area contributed by atoms with Crippen molar-refractivity contribution in [3.05, 3.63) is 83.4 Å². The summed E-state index contributed by atoms with van der Waals surface area (Å²) in [5.41, 5.74) is -0.792. The number of methoxy groups -OCH3 is 1. The Balaban J connectivity index is 1.40. The highest BCUT2D eigenvalue weighted by Crippen LogP contribution is 2.49. The van der Waals surface area contributed by atoms with Crippen molar-refractivity contribution < 1.29 is 36.3 Å². The van der Waals surface area contributed by atoms with Gasteiger partial charge in [0.25, 0.3) is 5.91 Å². The monoisotopic (exact) mass is 544 g/mol. The number of alkyl halides is 3. The van der Waals surface area contributed by atoms with Crippen LogP contribution in [0.15, 0.2) is 60.7 Å². The largest absolute Gasteiger partial charge is 0.496 e. The van der Waals surface area contributed by atoms with E-state index in [2.05, 4.69) is 10.6 Å². The molecular weight excluding hydrogens is 519 g/mol. The average molecular weight is 545 g/mol. The maximum atomic E-state index is 14.8. The number of hydrogen-bond acceptors (Lipinski definition) is 3. The number of benzene rings is 3. The minimum atomic E-state index is -4.92. The van der Waals surface area contributed by atoms with Crippen LogP contribution in [0.1, 0.15) is 35.2 Å². The molecule has 5 rings (SSSR count). The van der Waals surface area contributed by atoms with E-state index < -0.39 is 47.1 Å². The quantitative estimate of drug-likeness (QED) is 0.351. The molecule has 2 aliphatic carbocycles. The molecule has 4 atom stereocenters. The molecule has 0 heterocycles. The summed E-state index contributed by atoms with van der Waals surface area (Å²) in [7, 11) is 1.32.